The van der Waals surface area contributed by atoms with Crippen LogP contribution in [0.5, 0.6) is 0 Å². The minimum Gasteiger partial charge on any atom is -0.358 e. The molecule has 1 rings (SSSR count). The first-order valence-corrected chi connectivity index (χ1v) is 7.27. The van der Waals surface area contributed by atoms with E-state index in [-0.39, 0.29) is 5.91 Å². The molecule has 0 aliphatic carbocycles. The average molecular weight is 260 g/mol. The zero-order chi connectivity index (χ0) is 12.0. The Bertz CT molecular complexity index is 234. The van der Waals surface area contributed by atoms with Crippen molar-refractivity contribution in [3.63, 3.8) is 0 Å². The van der Waals surface area contributed by atoms with E-state index in [1.807, 2.05) is 18.7 Å². The van der Waals surface area contributed by atoms with E-state index in [4.69, 9.17) is 12.2 Å². The molecule has 0 atom stereocenters. The van der Waals surface area contributed by atoms with E-state index < -0.39 is 0 Å². The zero-order valence-corrected chi connectivity index (χ0v) is 11.7. The topological polar surface area (TPSA) is 23.6 Å². The van der Waals surface area contributed by atoms with Gasteiger partial charge < -0.3 is 9.80 Å². The van der Waals surface area contributed by atoms with Crippen LogP contribution in [0.25, 0.3) is 0 Å². The molecular formula is C11H20N2OS2. The third-order valence-electron chi connectivity index (χ3n) is 2.80. The second-order valence-electron chi connectivity index (χ2n) is 3.81. The first kappa shape index (κ1) is 13.8. The molecule has 0 unspecified atom stereocenters. The fourth-order valence-electron chi connectivity index (χ4n) is 1.78. The van der Waals surface area contributed by atoms with Crippen LogP contribution in [0.1, 0.15) is 26.7 Å². The highest BCUT2D eigenvalue weighted by Crippen LogP contribution is 2.16. The molecule has 0 saturated carbocycles. The lowest BCUT2D eigenvalue weighted by Crippen LogP contribution is -2.33. The molecule has 0 bridgehead atoms. The first-order chi connectivity index (χ1) is 7.69. The number of likely N-dealkylation sites (tertiary alicyclic amines) is 1. The summed E-state index contributed by atoms with van der Waals surface area (Å²) in [5.41, 5.74) is 0. The summed E-state index contributed by atoms with van der Waals surface area (Å²) in [6.45, 7) is 7.70. The van der Waals surface area contributed by atoms with Crippen molar-refractivity contribution in [3.8, 4) is 0 Å². The molecule has 1 heterocycles. The van der Waals surface area contributed by atoms with Crippen LogP contribution in [-0.2, 0) is 4.79 Å². The van der Waals surface area contributed by atoms with E-state index in [0.29, 0.717) is 5.75 Å². The summed E-state index contributed by atoms with van der Waals surface area (Å²) in [7, 11) is 0. The SMILES string of the molecule is CCN(CC)C(=O)CSC(=S)N1CCCC1. The maximum atomic E-state index is 11.8. The van der Waals surface area contributed by atoms with Crippen molar-refractivity contribution < 1.29 is 4.79 Å². The van der Waals surface area contributed by atoms with Crippen LogP contribution in [-0.4, -0.2) is 52.0 Å². The highest BCUT2D eigenvalue weighted by molar-refractivity contribution is 8.23. The highest BCUT2D eigenvalue weighted by atomic mass is 32.2. The van der Waals surface area contributed by atoms with E-state index in [1.165, 1.54) is 24.6 Å². The molecule has 0 aromatic carbocycles. The van der Waals surface area contributed by atoms with E-state index in [1.54, 1.807) is 0 Å². The highest BCUT2D eigenvalue weighted by Gasteiger charge is 2.17. The quantitative estimate of drug-likeness (QED) is 0.721. The Morgan fingerprint density at radius 2 is 1.88 bits per heavy atom. The standard InChI is InChI=1S/C11H20N2OS2/c1-3-12(4-2)10(14)9-16-11(15)13-7-5-6-8-13/h3-9H2,1-2H3. The van der Waals surface area contributed by atoms with Crippen molar-refractivity contribution in [2.75, 3.05) is 31.9 Å². The van der Waals surface area contributed by atoms with Crippen molar-refractivity contribution in [1.29, 1.82) is 0 Å². The molecule has 1 fully saturated rings. The summed E-state index contributed by atoms with van der Waals surface area (Å²) in [5.74, 6) is 0.674. The summed E-state index contributed by atoms with van der Waals surface area (Å²) in [4.78, 5) is 15.8. The zero-order valence-electron chi connectivity index (χ0n) is 10.1. The van der Waals surface area contributed by atoms with Crippen LogP contribution in [0.2, 0.25) is 0 Å². The van der Waals surface area contributed by atoms with E-state index in [9.17, 15) is 4.79 Å². The smallest absolute Gasteiger partial charge is 0.232 e. The Morgan fingerprint density at radius 3 is 2.38 bits per heavy atom. The van der Waals surface area contributed by atoms with Crippen molar-refractivity contribution in [3.05, 3.63) is 0 Å². The maximum Gasteiger partial charge on any atom is 0.232 e. The molecule has 1 aliphatic heterocycles. The van der Waals surface area contributed by atoms with Crippen molar-refractivity contribution in [2.45, 2.75) is 26.7 Å². The lowest BCUT2D eigenvalue weighted by Gasteiger charge is -2.20. The second kappa shape index (κ2) is 7.12. The van der Waals surface area contributed by atoms with E-state index >= 15 is 0 Å². The summed E-state index contributed by atoms with van der Waals surface area (Å²) in [5, 5.41) is 0. The van der Waals surface area contributed by atoms with Gasteiger partial charge in [-0.2, -0.15) is 0 Å². The Balaban J connectivity index is 2.27. The van der Waals surface area contributed by atoms with Gasteiger partial charge in [-0.05, 0) is 26.7 Å². The van der Waals surface area contributed by atoms with E-state index in [2.05, 4.69) is 4.90 Å². The van der Waals surface area contributed by atoms with Gasteiger partial charge in [0.15, 0.2) is 0 Å². The third kappa shape index (κ3) is 3.94. The Morgan fingerprint density at radius 1 is 1.31 bits per heavy atom. The van der Waals surface area contributed by atoms with Crippen molar-refractivity contribution in [2.24, 2.45) is 0 Å². The Kier molecular flexibility index (Phi) is 6.13. The largest absolute Gasteiger partial charge is 0.358 e. The van der Waals surface area contributed by atoms with Crippen LogP contribution < -0.4 is 0 Å². The molecule has 92 valence electrons. The minimum absolute atomic E-state index is 0.191. The number of rotatable bonds is 4. The molecule has 0 radical (unpaired) electrons. The van der Waals surface area contributed by atoms with Gasteiger partial charge in [0.25, 0.3) is 0 Å². The fourth-order valence-corrected chi connectivity index (χ4v) is 2.94. The number of carbonyl (C=O) groups excluding carboxylic acids is 1. The number of amides is 1. The molecule has 1 aliphatic rings. The van der Waals surface area contributed by atoms with Crippen LogP contribution in [0.4, 0.5) is 0 Å². The minimum atomic E-state index is 0.191. The average Bonchev–Trinajstić information content (AvgIpc) is 2.81. The molecular weight excluding hydrogens is 240 g/mol. The van der Waals surface area contributed by atoms with Gasteiger partial charge in [-0.1, -0.05) is 24.0 Å². The number of hydrogen-bond acceptors (Lipinski definition) is 3. The van der Waals surface area contributed by atoms with Crippen LogP contribution in [0, 0.1) is 0 Å². The lowest BCUT2D eigenvalue weighted by atomic mass is 10.4. The van der Waals surface area contributed by atoms with Gasteiger partial charge in [-0.3, -0.25) is 4.79 Å². The molecule has 5 heteroatoms. The molecule has 0 aromatic heterocycles. The third-order valence-corrected chi connectivity index (χ3v) is 4.31. The van der Waals surface area contributed by atoms with Gasteiger partial charge in [0.05, 0.1) is 5.75 Å². The van der Waals surface area contributed by atoms with Crippen molar-refractivity contribution >= 4 is 34.2 Å². The summed E-state index contributed by atoms with van der Waals surface area (Å²) in [6, 6.07) is 0. The number of hydrogen-bond donors (Lipinski definition) is 0. The van der Waals surface area contributed by atoms with Crippen molar-refractivity contribution in [1.82, 2.24) is 9.80 Å². The molecule has 1 saturated heterocycles. The van der Waals surface area contributed by atoms with Gasteiger partial charge in [0.2, 0.25) is 5.91 Å². The molecule has 1 amide bonds. The molecule has 0 spiro atoms. The molecule has 3 nitrogen and oxygen atoms in total. The van der Waals surface area contributed by atoms with Crippen LogP contribution >= 0.6 is 24.0 Å². The normalized spacial score (nSPS) is 15.2. The van der Waals surface area contributed by atoms with E-state index in [0.717, 1.165) is 30.5 Å². The van der Waals surface area contributed by atoms with Gasteiger partial charge >= 0.3 is 0 Å². The van der Waals surface area contributed by atoms with Crippen LogP contribution in [0.3, 0.4) is 0 Å². The summed E-state index contributed by atoms with van der Waals surface area (Å²) >= 11 is 6.82. The van der Waals surface area contributed by atoms with Gasteiger partial charge in [-0.25, -0.2) is 0 Å². The predicted molar refractivity (Wildman–Crippen MR) is 73.8 cm³/mol. The molecule has 0 aromatic rings. The number of thioether (sulfide) groups is 1. The Hall–Kier alpha value is -0.290. The van der Waals surface area contributed by atoms with Crippen LogP contribution in [0.15, 0.2) is 0 Å². The monoisotopic (exact) mass is 260 g/mol. The first-order valence-electron chi connectivity index (χ1n) is 5.88. The number of nitrogens with zero attached hydrogens (tertiary/aromatic N) is 2. The molecule has 16 heavy (non-hydrogen) atoms. The van der Waals surface area contributed by atoms with Gasteiger partial charge in [0, 0.05) is 26.2 Å². The van der Waals surface area contributed by atoms with Gasteiger partial charge in [-0.15, -0.1) is 0 Å². The number of carbonyl (C=O) groups is 1. The predicted octanol–water partition coefficient (Wildman–Crippen LogP) is 1.97. The Labute approximate surface area is 108 Å². The van der Waals surface area contributed by atoms with Gasteiger partial charge in [0.1, 0.15) is 4.32 Å². The summed E-state index contributed by atoms with van der Waals surface area (Å²) in [6.07, 6.45) is 2.45. The number of thiocarbonyl (C=S) groups is 1. The fraction of sp³-hybridized carbons (Fsp3) is 0.818. The lowest BCUT2D eigenvalue weighted by molar-refractivity contribution is -0.127. The summed E-state index contributed by atoms with van der Waals surface area (Å²) < 4.78 is 0.887. The second-order valence-corrected chi connectivity index (χ2v) is 5.42. The molecule has 0 N–H and O–H groups in total. The maximum absolute atomic E-state index is 11.8.